The molecule has 0 spiro atoms. The molecule has 0 N–H and O–H groups in total. The number of aryl methyl sites for hydroxylation is 2. The minimum Gasteiger partial charge on any atom is -0.350 e. The predicted octanol–water partition coefficient (Wildman–Crippen LogP) is 3.65. The van der Waals surface area contributed by atoms with Gasteiger partial charge in [-0.3, -0.25) is 0 Å². The molecule has 14 heavy (non-hydrogen) atoms. The van der Waals surface area contributed by atoms with Crippen LogP contribution in [-0.2, 0) is 7.05 Å². The number of aromatic nitrogens is 1. The van der Waals surface area contributed by atoms with E-state index in [1.54, 1.807) is 0 Å². The van der Waals surface area contributed by atoms with Crippen LogP contribution in [0, 0.1) is 12.8 Å². The van der Waals surface area contributed by atoms with Crippen LogP contribution in [0.1, 0.15) is 30.7 Å². The van der Waals surface area contributed by atoms with Crippen molar-refractivity contribution in [1.29, 1.82) is 0 Å². The summed E-state index contributed by atoms with van der Waals surface area (Å²) in [5, 5.41) is 0. The van der Waals surface area contributed by atoms with Gasteiger partial charge < -0.3 is 4.57 Å². The molecule has 0 aromatic carbocycles. The highest BCUT2D eigenvalue weighted by atomic mass is 14.9. The minimum atomic E-state index is 0.474. The molecule has 1 heterocycles. The molecule has 0 aliphatic rings. The van der Waals surface area contributed by atoms with Gasteiger partial charge in [0.15, 0.2) is 0 Å². The lowest BCUT2D eigenvalue weighted by molar-refractivity contribution is 0.819. The molecule has 1 rings (SSSR count). The summed E-state index contributed by atoms with van der Waals surface area (Å²) in [5.41, 5.74) is 4.87. The lowest BCUT2D eigenvalue weighted by atomic mass is 9.98. The van der Waals surface area contributed by atoms with Gasteiger partial charge in [-0.1, -0.05) is 33.1 Å². The number of rotatable bonds is 3. The van der Waals surface area contributed by atoms with Gasteiger partial charge >= 0.3 is 0 Å². The molecule has 0 unspecified atom stereocenters. The molecule has 1 heteroatoms. The Balaban J connectivity index is 3.32. The van der Waals surface area contributed by atoms with Gasteiger partial charge in [-0.25, -0.2) is 0 Å². The molecule has 0 bridgehead atoms. The van der Waals surface area contributed by atoms with Crippen molar-refractivity contribution in [2.24, 2.45) is 13.0 Å². The molecule has 0 aliphatic heterocycles. The van der Waals surface area contributed by atoms with Crippen molar-refractivity contribution in [1.82, 2.24) is 4.57 Å². The number of nitrogens with zero attached hydrogens (tertiary/aromatic N) is 1. The zero-order valence-electron chi connectivity index (χ0n) is 9.59. The van der Waals surface area contributed by atoms with Crippen molar-refractivity contribution in [3.05, 3.63) is 36.2 Å². The van der Waals surface area contributed by atoms with Gasteiger partial charge in [-0.05, 0) is 24.0 Å². The zero-order chi connectivity index (χ0) is 10.9. The van der Waals surface area contributed by atoms with Crippen LogP contribution >= 0.6 is 0 Å². The molecule has 76 valence electrons. The maximum atomic E-state index is 4.14. The first-order chi connectivity index (χ1) is 6.49. The highest BCUT2D eigenvalue weighted by molar-refractivity contribution is 5.73. The van der Waals surface area contributed by atoms with Gasteiger partial charge in [0.1, 0.15) is 0 Å². The van der Waals surface area contributed by atoms with Crippen LogP contribution in [0.5, 0.6) is 0 Å². The highest BCUT2D eigenvalue weighted by Crippen LogP contribution is 2.28. The van der Waals surface area contributed by atoms with E-state index < -0.39 is 0 Å². The molecule has 0 fully saturated rings. The van der Waals surface area contributed by atoms with Crippen LogP contribution in [0.3, 0.4) is 0 Å². The summed E-state index contributed by atoms with van der Waals surface area (Å²) >= 11 is 0. The monoisotopic (exact) mass is 189 g/mol. The van der Waals surface area contributed by atoms with Gasteiger partial charge in [0.05, 0.1) is 5.69 Å². The minimum absolute atomic E-state index is 0.474. The van der Waals surface area contributed by atoms with Gasteiger partial charge in [-0.15, -0.1) is 0 Å². The van der Waals surface area contributed by atoms with E-state index in [1.807, 2.05) is 6.08 Å². The Bertz CT molecular complexity index is 367. The van der Waals surface area contributed by atoms with Gasteiger partial charge in [-0.2, -0.15) is 0 Å². The molecule has 0 aliphatic carbocycles. The molecule has 1 aromatic rings. The van der Waals surface area contributed by atoms with Crippen LogP contribution in [0.25, 0.3) is 11.6 Å². The molecule has 0 radical (unpaired) electrons. The van der Waals surface area contributed by atoms with E-state index in [0.29, 0.717) is 5.92 Å². The van der Waals surface area contributed by atoms with Crippen molar-refractivity contribution >= 4 is 11.6 Å². The Labute approximate surface area is 86.8 Å². The Morgan fingerprint density at radius 1 is 1.50 bits per heavy atom. The number of hydrogen-bond donors (Lipinski definition) is 0. The van der Waals surface area contributed by atoms with E-state index in [1.165, 1.54) is 22.4 Å². The van der Waals surface area contributed by atoms with Crippen LogP contribution in [0.4, 0.5) is 0 Å². The van der Waals surface area contributed by atoms with E-state index in [2.05, 4.69) is 51.7 Å². The molecule has 1 aromatic heterocycles. The Kier molecular flexibility index (Phi) is 3.00. The maximum absolute atomic E-state index is 4.14. The SMILES string of the molecule is C=Cc1c(C)cn(C)c1C(=C)C(C)C. The average Bonchev–Trinajstić information content (AvgIpc) is 2.38. The maximum Gasteiger partial charge on any atom is 0.0509 e. The van der Waals surface area contributed by atoms with Crippen molar-refractivity contribution in [2.45, 2.75) is 20.8 Å². The lowest BCUT2D eigenvalue weighted by Gasteiger charge is -2.12. The van der Waals surface area contributed by atoms with E-state index in [-0.39, 0.29) is 0 Å². The standard InChI is InChI=1S/C13H19N/c1-7-12-10(4)8-14(6)13(12)11(5)9(2)3/h7-9H,1,5H2,2-4,6H3. The molecule has 0 atom stereocenters. The second kappa shape index (κ2) is 3.87. The molecular weight excluding hydrogens is 170 g/mol. The first-order valence-electron chi connectivity index (χ1n) is 4.96. The second-order valence-corrected chi connectivity index (χ2v) is 4.07. The molecule has 0 saturated carbocycles. The second-order valence-electron chi connectivity index (χ2n) is 4.07. The Hall–Kier alpha value is -1.24. The van der Waals surface area contributed by atoms with Gasteiger partial charge in [0, 0.05) is 18.8 Å². The summed E-state index contributed by atoms with van der Waals surface area (Å²) < 4.78 is 2.13. The Morgan fingerprint density at radius 3 is 2.50 bits per heavy atom. The van der Waals surface area contributed by atoms with E-state index in [0.717, 1.165) is 0 Å². The lowest BCUT2D eigenvalue weighted by Crippen LogP contribution is -2.00. The van der Waals surface area contributed by atoms with Gasteiger partial charge in [0.2, 0.25) is 0 Å². The predicted molar refractivity (Wildman–Crippen MR) is 64.1 cm³/mol. The topological polar surface area (TPSA) is 4.93 Å². The van der Waals surface area contributed by atoms with Crippen LogP contribution in [0.2, 0.25) is 0 Å². The summed E-state index contributed by atoms with van der Waals surface area (Å²) in [6, 6.07) is 0. The van der Waals surface area contributed by atoms with Crippen molar-refractivity contribution < 1.29 is 0 Å². The third kappa shape index (κ3) is 1.67. The van der Waals surface area contributed by atoms with Gasteiger partial charge in [0.25, 0.3) is 0 Å². The molecule has 0 saturated heterocycles. The zero-order valence-corrected chi connectivity index (χ0v) is 9.59. The smallest absolute Gasteiger partial charge is 0.0509 e. The van der Waals surface area contributed by atoms with E-state index >= 15 is 0 Å². The summed E-state index contributed by atoms with van der Waals surface area (Å²) in [6.45, 7) is 14.4. The third-order valence-electron chi connectivity index (χ3n) is 2.63. The number of hydrogen-bond acceptors (Lipinski definition) is 0. The van der Waals surface area contributed by atoms with Crippen molar-refractivity contribution in [3.63, 3.8) is 0 Å². The van der Waals surface area contributed by atoms with Crippen molar-refractivity contribution in [3.8, 4) is 0 Å². The largest absolute Gasteiger partial charge is 0.350 e. The summed E-state index contributed by atoms with van der Waals surface area (Å²) in [5.74, 6) is 0.474. The molecular formula is C13H19N. The van der Waals surface area contributed by atoms with Crippen LogP contribution in [-0.4, -0.2) is 4.57 Å². The highest BCUT2D eigenvalue weighted by Gasteiger charge is 2.13. The number of allylic oxidation sites excluding steroid dienone is 1. The van der Waals surface area contributed by atoms with Crippen LogP contribution < -0.4 is 0 Å². The quantitative estimate of drug-likeness (QED) is 0.684. The summed E-state index contributed by atoms with van der Waals surface area (Å²) in [6.07, 6.45) is 4.04. The fourth-order valence-corrected chi connectivity index (χ4v) is 1.73. The first kappa shape index (κ1) is 10.8. The summed E-state index contributed by atoms with van der Waals surface area (Å²) in [7, 11) is 2.06. The fraction of sp³-hybridized carbons (Fsp3) is 0.385. The summed E-state index contributed by atoms with van der Waals surface area (Å²) in [4.78, 5) is 0. The third-order valence-corrected chi connectivity index (χ3v) is 2.63. The van der Waals surface area contributed by atoms with E-state index in [9.17, 15) is 0 Å². The normalized spacial score (nSPS) is 10.6. The van der Waals surface area contributed by atoms with E-state index in [4.69, 9.17) is 0 Å². The fourth-order valence-electron chi connectivity index (χ4n) is 1.73. The van der Waals surface area contributed by atoms with Crippen LogP contribution in [0.15, 0.2) is 19.4 Å². The van der Waals surface area contributed by atoms with Crippen molar-refractivity contribution in [2.75, 3.05) is 0 Å². The molecule has 0 amide bonds. The average molecular weight is 189 g/mol. The molecule has 1 nitrogen and oxygen atoms in total. The first-order valence-corrected chi connectivity index (χ1v) is 4.96. The Morgan fingerprint density at radius 2 is 2.07 bits per heavy atom.